The van der Waals surface area contributed by atoms with Gasteiger partial charge in [0.2, 0.25) is 10.0 Å². The summed E-state index contributed by atoms with van der Waals surface area (Å²) in [5.41, 5.74) is -0.219. The average Bonchev–Trinajstić information content (AvgIpc) is 3.50. The lowest BCUT2D eigenvalue weighted by Crippen LogP contribution is -2.32. The highest BCUT2D eigenvalue weighted by Gasteiger charge is 2.38. The molecule has 0 aliphatic heterocycles. The standard InChI is InChI=1S/C23H28F3N3O6S2/c1-2-35-22(30)14-29-21-9-5-8-20(19(21)13-27-29)28-37(33,34)18-11-15(23(24,25)26)10-17(12-18)36(31,32)16-6-3-4-7-16/h10-13,16,20,28H,2-9,14H2,1H3. The molecule has 1 unspecified atom stereocenters. The molecule has 1 aromatic carbocycles. The van der Waals surface area contributed by atoms with Crippen LogP contribution in [0.2, 0.25) is 0 Å². The number of sulfonamides is 1. The van der Waals surface area contributed by atoms with Crippen molar-refractivity contribution in [2.24, 2.45) is 0 Å². The number of ether oxygens (including phenoxy) is 1. The van der Waals surface area contributed by atoms with Crippen LogP contribution in [-0.4, -0.2) is 44.4 Å². The first kappa shape index (κ1) is 27.6. The first-order valence-corrected chi connectivity index (χ1v) is 15.0. The summed E-state index contributed by atoms with van der Waals surface area (Å²) in [6.45, 7) is 1.71. The predicted molar refractivity (Wildman–Crippen MR) is 126 cm³/mol. The van der Waals surface area contributed by atoms with Gasteiger partial charge in [0.05, 0.1) is 39.4 Å². The van der Waals surface area contributed by atoms with Crippen LogP contribution < -0.4 is 4.72 Å². The van der Waals surface area contributed by atoms with E-state index in [0.717, 1.165) is 6.07 Å². The summed E-state index contributed by atoms with van der Waals surface area (Å²) in [6.07, 6.45) is -0.185. The van der Waals surface area contributed by atoms with Gasteiger partial charge in [-0.3, -0.25) is 9.48 Å². The van der Waals surface area contributed by atoms with Crippen LogP contribution in [0.25, 0.3) is 0 Å². The molecule has 2 aromatic rings. The summed E-state index contributed by atoms with van der Waals surface area (Å²) in [5, 5.41) is 3.32. The van der Waals surface area contributed by atoms with Gasteiger partial charge in [-0.05, 0) is 57.2 Å². The molecule has 1 fully saturated rings. The van der Waals surface area contributed by atoms with Crippen molar-refractivity contribution in [2.75, 3.05) is 6.61 Å². The zero-order chi connectivity index (χ0) is 27.0. The number of rotatable bonds is 8. The lowest BCUT2D eigenvalue weighted by Gasteiger charge is -2.24. The molecule has 2 aliphatic carbocycles. The van der Waals surface area contributed by atoms with Gasteiger partial charge in [0.25, 0.3) is 0 Å². The van der Waals surface area contributed by atoms with Crippen LogP contribution in [0.3, 0.4) is 0 Å². The number of sulfone groups is 1. The van der Waals surface area contributed by atoms with E-state index in [-0.39, 0.29) is 13.2 Å². The lowest BCUT2D eigenvalue weighted by molar-refractivity contribution is -0.144. The van der Waals surface area contributed by atoms with Crippen LogP contribution in [0.4, 0.5) is 13.2 Å². The van der Waals surface area contributed by atoms with E-state index < -0.39 is 58.7 Å². The Kier molecular flexibility index (Phi) is 7.73. The Morgan fingerprint density at radius 2 is 1.76 bits per heavy atom. The maximum Gasteiger partial charge on any atom is 0.416 e. The van der Waals surface area contributed by atoms with Gasteiger partial charge in [-0.25, -0.2) is 21.6 Å². The molecule has 0 bridgehead atoms. The van der Waals surface area contributed by atoms with Crippen molar-refractivity contribution in [1.29, 1.82) is 0 Å². The maximum absolute atomic E-state index is 13.7. The summed E-state index contributed by atoms with van der Waals surface area (Å²) in [5.74, 6) is -0.504. The van der Waals surface area contributed by atoms with Crippen LogP contribution in [-0.2, 0) is 48.5 Å². The monoisotopic (exact) mass is 563 g/mol. The second-order valence-corrected chi connectivity index (χ2v) is 13.2. The molecular formula is C23H28F3N3O6S2. The second-order valence-electron chi connectivity index (χ2n) is 9.22. The summed E-state index contributed by atoms with van der Waals surface area (Å²) in [7, 11) is -8.71. The van der Waals surface area contributed by atoms with E-state index in [9.17, 15) is 34.8 Å². The lowest BCUT2D eigenvalue weighted by atomic mass is 9.94. The number of hydrogen-bond acceptors (Lipinski definition) is 7. The quantitative estimate of drug-likeness (QED) is 0.487. The molecule has 1 N–H and O–H groups in total. The Morgan fingerprint density at radius 3 is 2.41 bits per heavy atom. The van der Waals surface area contributed by atoms with Crippen molar-refractivity contribution in [3.05, 3.63) is 41.2 Å². The summed E-state index contributed by atoms with van der Waals surface area (Å²) in [6, 6.07) is 0.947. The number of fused-ring (bicyclic) bond motifs is 1. The van der Waals surface area contributed by atoms with E-state index >= 15 is 0 Å². The number of benzene rings is 1. The highest BCUT2D eigenvalue weighted by atomic mass is 32.2. The predicted octanol–water partition coefficient (Wildman–Crippen LogP) is 3.54. The topological polar surface area (TPSA) is 124 Å². The van der Waals surface area contributed by atoms with Gasteiger partial charge in [-0.15, -0.1) is 0 Å². The van der Waals surface area contributed by atoms with Gasteiger partial charge < -0.3 is 4.74 Å². The van der Waals surface area contributed by atoms with Crippen LogP contribution in [0.5, 0.6) is 0 Å². The van der Waals surface area contributed by atoms with E-state index in [1.807, 2.05) is 0 Å². The molecule has 14 heteroatoms. The number of aromatic nitrogens is 2. The number of hydrogen-bond donors (Lipinski definition) is 1. The molecule has 1 atom stereocenters. The first-order valence-electron chi connectivity index (χ1n) is 12.0. The fourth-order valence-electron chi connectivity index (χ4n) is 4.91. The Labute approximate surface area is 213 Å². The zero-order valence-corrected chi connectivity index (χ0v) is 21.8. The molecule has 9 nitrogen and oxygen atoms in total. The van der Waals surface area contributed by atoms with Gasteiger partial charge in [0, 0.05) is 11.3 Å². The number of carbonyl (C=O) groups excluding carboxylic acids is 1. The number of nitrogens with zero attached hydrogens (tertiary/aromatic N) is 2. The summed E-state index contributed by atoms with van der Waals surface area (Å²) < 4.78 is 102. The van der Waals surface area contributed by atoms with Crippen molar-refractivity contribution in [3.8, 4) is 0 Å². The van der Waals surface area contributed by atoms with Crippen molar-refractivity contribution in [2.45, 2.75) is 85.7 Å². The number of alkyl halides is 3. The fourth-order valence-corrected chi connectivity index (χ4v) is 8.22. The van der Waals surface area contributed by atoms with Crippen LogP contribution in [0.15, 0.2) is 34.2 Å². The van der Waals surface area contributed by atoms with Gasteiger partial charge in [-0.2, -0.15) is 18.3 Å². The third-order valence-electron chi connectivity index (χ3n) is 6.73. The molecule has 0 spiro atoms. The molecule has 37 heavy (non-hydrogen) atoms. The minimum absolute atomic E-state index is 0.154. The molecule has 204 valence electrons. The highest BCUT2D eigenvalue weighted by molar-refractivity contribution is 7.92. The van der Waals surface area contributed by atoms with Gasteiger partial charge in [-0.1, -0.05) is 12.8 Å². The van der Waals surface area contributed by atoms with Crippen molar-refractivity contribution < 1.29 is 39.5 Å². The smallest absolute Gasteiger partial charge is 0.416 e. The van der Waals surface area contributed by atoms with Gasteiger partial charge in [0.1, 0.15) is 6.54 Å². The Balaban J connectivity index is 1.67. The molecule has 1 saturated carbocycles. The SMILES string of the molecule is CCOC(=O)Cn1ncc2c1CCCC2NS(=O)(=O)c1cc(C(F)(F)F)cc(S(=O)(=O)C2CCCC2)c1. The number of esters is 1. The molecule has 0 saturated heterocycles. The third-order valence-corrected chi connectivity index (χ3v) is 10.4. The first-order chi connectivity index (χ1) is 17.3. The van der Waals surface area contributed by atoms with Crippen molar-refractivity contribution >= 4 is 25.8 Å². The average molecular weight is 564 g/mol. The van der Waals surface area contributed by atoms with Crippen LogP contribution in [0, 0.1) is 0 Å². The zero-order valence-electron chi connectivity index (χ0n) is 20.1. The van der Waals surface area contributed by atoms with E-state index in [1.54, 1.807) is 6.92 Å². The molecule has 0 amide bonds. The van der Waals surface area contributed by atoms with Gasteiger partial charge in [0.15, 0.2) is 9.84 Å². The normalized spacial score (nSPS) is 19.1. The number of nitrogens with one attached hydrogen (secondary N) is 1. The fraction of sp³-hybridized carbons (Fsp3) is 0.565. The minimum atomic E-state index is -4.95. The maximum atomic E-state index is 13.7. The Bertz CT molecular complexity index is 1380. The Morgan fingerprint density at radius 1 is 1.08 bits per heavy atom. The van der Waals surface area contributed by atoms with Crippen molar-refractivity contribution in [3.63, 3.8) is 0 Å². The summed E-state index contributed by atoms with van der Waals surface area (Å²) in [4.78, 5) is 10.5. The van der Waals surface area contributed by atoms with Gasteiger partial charge >= 0.3 is 12.1 Å². The van der Waals surface area contributed by atoms with E-state index in [1.165, 1.54) is 10.9 Å². The molecule has 2 aliphatic rings. The molecule has 4 rings (SSSR count). The number of carbonyl (C=O) groups is 1. The van der Waals surface area contributed by atoms with Crippen LogP contribution in [0.1, 0.15) is 68.3 Å². The Hall–Kier alpha value is -2.45. The largest absolute Gasteiger partial charge is 0.465 e. The number of halogens is 3. The minimum Gasteiger partial charge on any atom is -0.465 e. The molecule has 1 heterocycles. The third kappa shape index (κ3) is 5.85. The van der Waals surface area contributed by atoms with E-state index in [4.69, 9.17) is 4.74 Å². The van der Waals surface area contributed by atoms with E-state index in [2.05, 4.69) is 9.82 Å². The molecular weight excluding hydrogens is 535 g/mol. The molecule has 0 radical (unpaired) electrons. The second kappa shape index (κ2) is 10.4. The van der Waals surface area contributed by atoms with Crippen LogP contribution >= 0.6 is 0 Å². The summed E-state index contributed by atoms with van der Waals surface area (Å²) >= 11 is 0. The highest BCUT2D eigenvalue weighted by Crippen LogP contribution is 2.37. The molecule has 1 aromatic heterocycles. The van der Waals surface area contributed by atoms with Crippen molar-refractivity contribution in [1.82, 2.24) is 14.5 Å². The van der Waals surface area contributed by atoms with E-state index in [0.29, 0.717) is 68.3 Å².